The van der Waals surface area contributed by atoms with E-state index < -0.39 is 5.92 Å². The number of rotatable bonds is 6. The van der Waals surface area contributed by atoms with Gasteiger partial charge in [0.15, 0.2) is 0 Å². The summed E-state index contributed by atoms with van der Waals surface area (Å²) in [5, 5.41) is 7.00. The van der Waals surface area contributed by atoms with E-state index in [9.17, 15) is 19.2 Å². The molecule has 0 saturated carbocycles. The minimum Gasteiger partial charge on any atom is -0.490 e. The Bertz CT molecular complexity index is 2750. The van der Waals surface area contributed by atoms with Crippen LogP contribution in [0.5, 0.6) is 5.75 Å². The number of nitrogens with zero attached hydrogens (tertiary/aromatic N) is 3. The summed E-state index contributed by atoms with van der Waals surface area (Å²) in [6.45, 7) is 4.57. The van der Waals surface area contributed by atoms with Crippen LogP contribution in [0.3, 0.4) is 0 Å². The quantitative estimate of drug-likeness (QED) is 0.146. The van der Waals surface area contributed by atoms with Crippen LogP contribution in [0.25, 0.3) is 33.0 Å². The van der Waals surface area contributed by atoms with Crippen molar-refractivity contribution in [1.29, 1.82) is 0 Å². The van der Waals surface area contributed by atoms with E-state index in [4.69, 9.17) is 13.9 Å². The first-order valence-corrected chi connectivity index (χ1v) is 19.6. The monoisotopic (exact) mass is 775 g/mol. The molecule has 3 aliphatic heterocycles. The van der Waals surface area contributed by atoms with Crippen molar-refractivity contribution in [2.75, 3.05) is 37.8 Å². The van der Waals surface area contributed by atoms with E-state index in [0.717, 1.165) is 76.2 Å². The number of imide groups is 1. The fraction of sp³-hybridized carbons (Fsp3) is 0.283. The van der Waals surface area contributed by atoms with Crippen molar-refractivity contribution < 1.29 is 28.3 Å². The normalized spacial score (nSPS) is 17.0. The highest BCUT2D eigenvalue weighted by Gasteiger charge is 2.31. The minimum absolute atomic E-state index is 0.00443. The molecule has 1 unspecified atom stereocenters. The molecule has 58 heavy (non-hydrogen) atoms. The lowest BCUT2D eigenvalue weighted by atomic mass is 9.90. The molecule has 12 nitrogen and oxygen atoms in total. The number of aryl methyl sites for hydroxylation is 2. The molecule has 3 aromatic carbocycles. The Morgan fingerprint density at radius 1 is 0.931 bits per heavy atom. The molecule has 0 radical (unpaired) electrons. The van der Waals surface area contributed by atoms with E-state index in [-0.39, 0.29) is 41.9 Å². The fourth-order valence-electron chi connectivity index (χ4n) is 8.31. The average molecular weight is 776 g/mol. The molecule has 0 spiro atoms. The topological polar surface area (TPSA) is 145 Å². The molecular weight excluding hydrogens is 735 g/mol. The molecule has 2 fully saturated rings. The standard InChI is InChI=1S/C46H41N5O7/c1-27-20-35-39(50(2)46(27)55)22-32(29-13-17-56-18-14-29)23-40(35)51-16-19-57-42-24-30(7-10-38(42)51)31-6-9-37(48-25-31)45(54)47-15-3-4-28-5-11-41-34(21-28)36(26-58-41)33-8-12-43(52)49-44(33)53/h5-7,9-11,20-26,29,33H,8,12-19H2,1-2H3,(H,47,54)(H,49,52,53). The molecule has 0 bridgehead atoms. The van der Waals surface area contributed by atoms with Gasteiger partial charge in [-0.1, -0.05) is 24.0 Å². The lowest BCUT2D eigenvalue weighted by Crippen LogP contribution is -2.39. The first-order valence-electron chi connectivity index (χ1n) is 19.6. The first-order chi connectivity index (χ1) is 28.2. The summed E-state index contributed by atoms with van der Waals surface area (Å²) in [6.07, 6.45) is 5.83. The van der Waals surface area contributed by atoms with Crippen LogP contribution in [0.2, 0.25) is 0 Å². The lowest BCUT2D eigenvalue weighted by Gasteiger charge is -2.34. The molecule has 1 atom stereocenters. The van der Waals surface area contributed by atoms with Gasteiger partial charge < -0.3 is 28.7 Å². The van der Waals surface area contributed by atoms with Crippen LogP contribution in [-0.4, -0.2) is 60.2 Å². The zero-order valence-corrected chi connectivity index (χ0v) is 32.2. The van der Waals surface area contributed by atoms with Crippen LogP contribution in [-0.2, 0) is 21.4 Å². The zero-order chi connectivity index (χ0) is 39.9. The average Bonchev–Trinajstić information content (AvgIpc) is 3.67. The van der Waals surface area contributed by atoms with Crippen LogP contribution in [0.15, 0.2) is 88.4 Å². The van der Waals surface area contributed by atoms with Gasteiger partial charge in [-0.2, -0.15) is 0 Å². The highest BCUT2D eigenvalue weighted by atomic mass is 16.5. The van der Waals surface area contributed by atoms with Crippen LogP contribution in [0.4, 0.5) is 11.4 Å². The zero-order valence-electron chi connectivity index (χ0n) is 32.2. The van der Waals surface area contributed by atoms with Gasteiger partial charge in [-0.15, -0.1) is 0 Å². The largest absolute Gasteiger partial charge is 0.490 e. The Morgan fingerprint density at radius 2 is 1.78 bits per heavy atom. The molecule has 12 heteroatoms. The van der Waals surface area contributed by atoms with Crippen LogP contribution < -0.4 is 25.8 Å². The SMILES string of the molecule is Cc1cc2c(N3CCOc4cc(-c5ccc(C(=O)NCC#Cc6ccc7occ(C8CCC(=O)NC8=O)c7c6)nc5)ccc43)cc(C3CCOCC3)cc2n(C)c1=O. The van der Waals surface area contributed by atoms with Gasteiger partial charge in [-0.3, -0.25) is 29.5 Å². The van der Waals surface area contributed by atoms with E-state index in [2.05, 4.69) is 50.6 Å². The number of hydrogen-bond donors (Lipinski definition) is 2. The highest BCUT2D eigenvalue weighted by molar-refractivity contribution is 6.03. The van der Waals surface area contributed by atoms with Crippen LogP contribution in [0, 0.1) is 18.8 Å². The Kier molecular flexibility index (Phi) is 9.75. The number of amides is 3. The van der Waals surface area contributed by atoms with Crippen LogP contribution >= 0.6 is 0 Å². The Morgan fingerprint density at radius 3 is 2.59 bits per heavy atom. The number of piperidine rings is 1. The van der Waals surface area contributed by atoms with Crippen molar-refractivity contribution >= 4 is 51.0 Å². The van der Waals surface area contributed by atoms with Gasteiger partial charge in [0.05, 0.1) is 42.2 Å². The number of aromatic nitrogens is 2. The second-order valence-corrected chi connectivity index (χ2v) is 15.1. The number of anilines is 2. The van der Waals surface area contributed by atoms with E-state index in [1.54, 1.807) is 29.2 Å². The van der Waals surface area contributed by atoms with E-state index in [1.807, 2.05) is 50.4 Å². The minimum atomic E-state index is -0.466. The Hall–Kier alpha value is -6.71. The molecular formula is C46H41N5O7. The predicted molar refractivity (Wildman–Crippen MR) is 219 cm³/mol. The fourth-order valence-corrected chi connectivity index (χ4v) is 8.31. The second-order valence-electron chi connectivity index (χ2n) is 15.1. The second kappa shape index (κ2) is 15.3. The third-order valence-corrected chi connectivity index (χ3v) is 11.4. The maximum atomic E-state index is 13.0. The van der Waals surface area contributed by atoms with Crippen molar-refractivity contribution in [2.24, 2.45) is 7.05 Å². The number of furan rings is 1. The highest BCUT2D eigenvalue weighted by Crippen LogP contribution is 2.43. The van der Waals surface area contributed by atoms with Crippen molar-refractivity contribution in [1.82, 2.24) is 20.2 Å². The van der Waals surface area contributed by atoms with E-state index >= 15 is 0 Å². The summed E-state index contributed by atoms with van der Waals surface area (Å²) in [5.41, 5.74) is 8.88. The summed E-state index contributed by atoms with van der Waals surface area (Å²) in [4.78, 5) is 56.9. The number of pyridine rings is 2. The number of hydrogen-bond acceptors (Lipinski definition) is 9. The lowest BCUT2D eigenvalue weighted by molar-refractivity contribution is -0.134. The predicted octanol–water partition coefficient (Wildman–Crippen LogP) is 6.38. The van der Waals surface area contributed by atoms with Gasteiger partial charge in [0, 0.05) is 65.9 Å². The summed E-state index contributed by atoms with van der Waals surface area (Å²) < 4.78 is 19.3. The number of nitrogens with one attached hydrogen (secondary N) is 2. The van der Waals surface area contributed by atoms with Crippen molar-refractivity contribution in [3.05, 3.63) is 117 Å². The summed E-state index contributed by atoms with van der Waals surface area (Å²) in [6, 6.07) is 21.6. The van der Waals surface area contributed by atoms with E-state index in [0.29, 0.717) is 42.2 Å². The Labute approximate surface area is 334 Å². The van der Waals surface area contributed by atoms with Crippen molar-refractivity contribution in [2.45, 2.75) is 44.4 Å². The molecule has 3 amide bonds. The smallest absolute Gasteiger partial charge is 0.270 e. The molecule has 292 valence electrons. The first kappa shape index (κ1) is 36.9. The van der Waals surface area contributed by atoms with Gasteiger partial charge in [0.1, 0.15) is 23.6 Å². The summed E-state index contributed by atoms with van der Waals surface area (Å²) in [5.74, 6) is 5.75. The Balaban J connectivity index is 0.900. The molecule has 2 N–H and O–H groups in total. The van der Waals surface area contributed by atoms with E-state index in [1.165, 1.54) is 5.56 Å². The molecule has 3 aromatic heterocycles. The molecule has 9 rings (SSSR count). The summed E-state index contributed by atoms with van der Waals surface area (Å²) >= 11 is 0. The van der Waals surface area contributed by atoms with Gasteiger partial charge in [-0.05, 0) is 97.8 Å². The number of carbonyl (C=O) groups is 3. The number of ether oxygens (including phenoxy) is 2. The molecule has 6 heterocycles. The third kappa shape index (κ3) is 6.98. The summed E-state index contributed by atoms with van der Waals surface area (Å²) in [7, 11) is 1.85. The molecule has 0 aliphatic carbocycles. The molecule has 6 aromatic rings. The van der Waals surface area contributed by atoms with Crippen molar-refractivity contribution in [3.63, 3.8) is 0 Å². The van der Waals surface area contributed by atoms with Gasteiger partial charge in [0.25, 0.3) is 11.5 Å². The van der Waals surface area contributed by atoms with Gasteiger partial charge in [-0.25, -0.2) is 0 Å². The third-order valence-electron chi connectivity index (χ3n) is 11.4. The number of carbonyl (C=O) groups excluding carboxylic acids is 3. The maximum absolute atomic E-state index is 13.0. The maximum Gasteiger partial charge on any atom is 0.270 e. The number of fused-ring (bicyclic) bond motifs is 3. The van der Waals surface area contributed by atoms with Crippen molar-refractivity contribution in [3.8, 4) is 28.7 Å². The number of benzene rings is 3. The van der Waals surface area contributed by atoms with Crippen LogP contribution in [0.1, 0.15) is 70.3 Å². The van der Waals surface area contributed by atoms with Gasteiger partial charge in [0.2, 0.25) is 11.8 Å². The van der Waals surface area contributed by atoms with Gasteiger partial charge >= 0.3 is 0 Å². The molecule has 2 saturated heterocycles. The molecule has 3 aliphatic rings.